The summed E-state index contributed by atoms with van der Waals surface area (Å²) >= 11 is 5.74. The fourth-order valence-electron chi connectivity index (χ4n) is 1.29. The molecule has 7 nitrogen and oxygen atoms in total. The van der Waals surface area contributed by atoms with Crippen molar-refractivity contribution in [3.63, 3.8) is 0 Å². The molecule has 9 heteroatoms. The second-order valence-corrected chi connectivity index (χ2v) is 5.59. The molecule has 0 saturated carbocycles. The van der Waals surface area contributed by atoms with Gasteiger partial charge in [-0.15, -0.1) is 10.2 Å². The Labute approximate surface area is 109 Å². The van der Waals surface area contributed by atoms with E-state index in [9.17, 15) is 8.42 Å². The quantitative estimate of drug-likeness (QED) is 0.854. The molecule has 0 aliphatic rings. The van der Waals surface area contributed by atoms with Gasteiger partial charge in [-0.3, -0.25) is 0 Å². The topological polar surface area (TPSA) is 89.8 Å². The largest absolute Gasteiger partial charge is 0.240 e. The number of rotatable bonds is 5. The lowest BCUT2D eigenvalue weighted by atomic mass is 10.4. The maximum absolute atomic E-state index is 11.9. The van der Waals surface area contributed by atoms with Crippen molar-refractivity contribution in [3.8, 4) is 0 Å². The van der Waals surface area contributed by atoms with Gasteiger partial charge in [0.25, 0.3) is 0 Å². The first-order chi connectivity index (χ1) is 8.58. The standard InChI is InChI=1S/C9H10ClN5O2S/c10-8-2-1-3-9(6-8)18(16,17)13-4-5-15-12-7-11-14-15/h1-3,6-7,13H,4-5H2. The summed E-state index contributed by atoms with van der Waals surface area (Å²) < 4.78 is 26.2. The molecule has 18 heavy (non-hydrogen) atoms. The Morgan fingerprint density at radius 3 is 2.89 bits per heavy atom. The molecule has 0 spiro atoms. The molecular weight excluding hydrogens is 278 g/mol. The van der Waals surface area contributed by atoms with Crippen molar-refractivity contribution in [1.29, 1.82) is 0 Å². The van der Waals surface area contributed by atoms with Crippen molar-refractivity contribution >= 4 is 21.6 Å². The summed E-state index contributed by atoms with van der Waals surface area (Å²) in [5.41, 5.74) is 0. The molecule has 0 bridgehead atoms. The lowest BCUT2D eigenvalue weighted by molar-refractivity contribution is 0.511. The van der Waals surface area contributed by atoms with E-state index < -0.39 is 10.0 Å². The number of nitrogens with zero attached hydrogens (tertiary/aromatic N) is 4. The van der Waals surface area contributed by atoms with Crippen molar-refractivity contribution in [3.05, 3.63) is 35.6 Å². The number of hydrogen-bond donors (Lipinski definition) is 1. The van der Waals surface area contributed by atoms with E-state index in [0.717, 1.165) is 0 Å². The van der Waals surface area contributed by atoms with Crippen LogP contribution < -0.4 is 4.72 Å². The third-order valence-electron chi connectivity index (χ3n) is 2.10. The second kappa shape index (κ2) is 5.42. The third-order valence-corrected chi connectivity index (χ3v) is 3.80. The normalized spacial score (nSPS) is 11.6. The van der Waals surface area contributed by atoms with Gasteiger partial charge in [0, 0.05) is 11.6 Å². The van der Waals surface area contributed by atoms with Crippen molar-refractivity contribution in [2.45, 2.75) is 11.4 Å². The van der Waals surface area contributed by atoms with Crippen molar-refractivity contribution in [1.82, 2.24) is 24.9 Å². The number of tetrazole rings is 1. The molecule has 0 fully saturated rings. The Kier molecular flexibility index (Phi) is 3.90. The summed E-state index contributed by atoms with van der Waals surface area (Å²) in [5.74, 6) is 0. The monoisotopic (exact) mass is 287 g/mol. The molecule has 0 aliphatic carbocycles. The molecule has 1 aromatic heterocycles. The van der Waals surface area contributed by atoms with Crippen LogP contribution in [0.15, 0.2) is 35.5 Å². The number of aromatic nitrogens is 4. The molecule has 2 rings (SSSR count). The Balaban J connectivity index is 1.99. The van der Waals surface area contributed by atoms with Crippen molar-refractivity contribution in [2.75, 3.05) is 6.54 Å². The van der Waals surface area contributed by atoms with E-state index in [1.165, 1.54) is 23.3 Å². The number of hydrogen-bond acceptors (Lipinski definition) is 5. The zero-order valence-corrected chi connectivity index (χ0v) is 10.8. The van der Waals surface area contributed by atoms with E-state index in [-0.39, 0.29) is 11.4 Å². The van der Waals surface area contributed by atoms with E-state index >= 15 is 0 Å². The number of nitrogens with one attached hydrogen (secondary N) is 1. The van der Waals surface area contributed by atoms with Crippen LogP contribution >= 0.6 is 11.6 Å². The summed E-state index contributed by atoms with van der Waals surface area (Å²) in [5, 5.41) is 11.3. The molecule has 0 saturated heterocycles. The van der Waals surface area contributed by atoms with Gasteiger partial charge >= 0.3 is 0 Å². The molecule has 0 amide bonds. The highest BCUT2D eigenvalue weighted by atomic mass is 35.5. The van der Waals surface area contributed by atoms with Gasteiger partial charge < -0.3 is 0 Å². The van der Waals surface area contributed by atoms with Crippen LogP contribution in [0, 0.1) is 0 Å². The smallest absolute Gasteiger partial charge is 0.209 e. The minimum Gasteiger partial charge on any atom is -0.209 e. The van der Waals surface area contributed by atoms with Crippen LogP contribution in [0.4, 0.5) is 0 Å². The predicted molar refractivity (Wildman–Crippen MR) is 64.5 cm³/mol. The van der Waals surface area contributed by atoms with Crippen LogP contribution in [0.2, 0.25) is 5.02 Å². The van der Waals surface area contributed by atoms with Gasteiger partial charge in [-0.25, -0.2) is 13.1 Å². The van der Waals surface area contributed by atoms with Crippen molar-refractivity contribution < 1.29 is 8.42 Å². The molecule has 96 valence electrons. The van der Waals surface area contributed by atoms with Gasteiger partial charge in [0.15, 0.2) is 6.33 Å². The van der Waals surface area contributed by atoms with Gasteiger partial charge in [0.2, 0.25) is 10.0 Å². The minimum absolute atomic E-state index is 0.126. The number of benzene rings is 1. The first kappa shape index (κ1) is 12.9. The summed E-state index contributed by atoms with van der Waals surface area (Å²) in [7, 11) is -3.56. The highest BCUT2D eigenvalue weighted by Gasteiger charge is 2.13. The van der Waals surface area contributed by atoms with Crippen LogP contribution in [0.3, 0.4) is 0 Å². The summed E-state index contributed by atoms with van der Waals surface area (Å²) in [6.45, 7) is 0.477. The minimum atomic E-state index is -3.56. The highest BCUT2D eigenvalue weighted by Crippen LogP contribution is 2.14. The van der Waals surface area contributed by atoms with Gasteiger partial charge in [-0.2, -0.15) is 4.80 Å². The van der Waals surface area contributed by atoms with Gasteiger partial charge in [-0.1, -0.05) is 17.7 Å². The van der Waals surface area contributed by atoms with Gasteiger partial charge in [0.1, 0.15) is 0 Å². The van der Waals surface area contributed by atoms with Crippen LogP contribution in [0.1, 0.15) is 0 Å². The van der Waals surface area contributed by atoms with E-state index in [1.807, 2.05) is 0 Å². The van der Waals surface area contributed by atoms with E-state index in [0.29, 0.717) is 11.6 Å². The van der Waals surface area contributed by atoms with Crippen LogP contribution in [-0.4, -0.2) is 35.2 Å². The Morgan fingerprint density at radius 2 is 2.22 bits per heavy atom. The molecule has 1 heterocycles. The molecule has 2 aromatic rings. The predicted octanol–water partition coefficient (Wildman–Crippen LogP) is 0.305. The molecule has 1 N–H and O–H groups in total. The zero-order chi connectivity index (χ0) is 13.0. The van der Waals surface area contributed by atoms with E-state index in [2.05, 4.69) is 20.1 Å². The van der Waals surface area contributed by atoms with Crippen LogP contribution in [0.25, 0.3) is 0 Å². The average molecular weight is 288 g/mol. The Hall–Kier alpha value is -1.51. The molecule has 0 radical (unpaired) electrons. The Morgan fingerprint density at radius 1 is 1.39 bits per heavy atom. The molecule has 0 aliphatic heterocycles. The Bertz CT molecular complexity index is 614. The highest BCUT2D eigenvalue weighted by molar-refractivity contribution is 7.89. The molecule has 0 unspecified atom stereocenters. The summed E-state index contributed by atoms with van der Waals surface area (Å²) in [6, 6.07) is 6.05. The van der Waals surface area contributed by atoms with E-state index in [4.69, 9.17) is 11.6 Å². The second-order valence-electron chi connectivity index (χ2n) is 3.39. The first-order valence-electron chi connectivity index (χ1n) is 5.04. The van der Waals surface area contributed by atoms with Gasteiger partial charge in [-0.05, 0) is 23.4 Å². The van der Waals surface area contributed by atoms with Gasteiger partial charge in [0.05, 0.1) is 11.4 Å². The zero-order valence-electron chi connectivity index (χ0n) is 9.19. The fourth-order valence-corrected chi connectivity index (χ4v) is 2.61. The van der Waals surface area contributed by atoms with E-state index in [1.54, 1.807) is 12.1 Å². The molecule has 0 atom stereocenters. The SMILES string of the molecule is O=S(=O)(NCCn1ncnn1)c1cccc(Cl)c1. The maximum Gasteiger partial charge on any atom is 0.240 e. The van der Waals surface area contributed by atoms with Crippen molar-refractivity contribution in [2.24, 2.45) is 0 Å². The number of sulfonamides is 1. The fraction of sp³-hybridized carbons (Fsp3) is 0.222. The summed E-state index contributed by atoms with van der Waals surface area (Å²) in [4.78, 5) is 1.42. The molecule has 1 aromatic carbocycles. The first-order valence-corrected chi connectivity index (χ1v) is 6.90. The molecular formula is C9H10ClN5O2S. The van der Waals surface area contributed by atoms with Crippen LogP contribution in [-0.2, 0) is 16.6 Å². The lowest BCUT2D eigenvalue weighted by Crippen LogP contribution is -2.28. The maximum atomic E-state index is 11.9. The van der Waals surface area contributed by atoms with Crippen LogP contribution in [0.5, 0.6) is 0 Å². The summed E-state index contributed by atoms with van der Waals surface area (Å²) in [6.07, 6.45) is 1.28. The lowest BCUT2D eigenvalue weighted by Gasteiger charge is -2.06. The third kappa shape index (κ3) is 3.25. The number of halogens is 1. The average Bonchev–Trinajstić information content (AvgIpc) is 2.82.